The van der Waals surface area contributed by atoms with Crippen LogP contribution in [-0.4, -0.2) is 52.1 Å². The highest BCUT2D eigenvalue weighted by Gasteiger charge is 2.47. The largest absolute Gasteiger partial charge is 0.467 e. The number of esters is 1. The molecular weight excluding hydrogens is 246 g/mol. The monoisotopic (exact) mass is 273 g/mol. The Hall–Kier alpha value is -0.650. The van der Waals surface area contributed by atoms with Gasteiger partial charge in [-0.3, -0.25) is 0 Å². The molecule has 0 saturated carbocycles. The van der Waals surface area contributed by atoms with Crippen molar-refractivity contribution in [3.63, 3.8) is 0 Å². The molecule has 0 aromatic carbocycles. The number of carbonyl (C=O) groups is 1. The molecule has 112 valence electrons. The Labute approximate surface area is 116 Å². The Morgan fingerprint density at radius 2 is 2.00 bits per heavy atom. The first kappa shape index (κ1) is 16.4. The number of hydrogen-bond donors (Lipinski definition) is 1. The molecule has 1 heterocycles. The zero-order valence-corrected chi connectivity index (χ0v) is 12.7. The summed E-state index contributed by atoms with van der Waals surface area (Å²) in [5, 5.41) is 3.31. The maximum atomic E-state index is 12.1. The number of piperidine rings is 1. The summed E-state index contributed by atoms with van der Waals surface area (Å²) in [7, 11) is 3.02. The minimum Gasteiger partial charge on any atom is -0.467 e. The van der Waals surface area contributed by atoms with Crippen molar-refractivity contribution in [1.29, 1.82) is 0 Å². The summed E-state index contributed by atoms with van der Waals surface area (Å²) in [6.07, 6.45) is 0.680. The minimum atomic E-state index is -0.885. The first-order valence-electron chi connectivity index (χ1n) is 6.78. The van der Waals surface area contributed by atoms with Crippen molar-refractivity contribution in [2.75, 3.05) is 40.5 Å². The lowest BCUT2D eigenvalue weighted by molar-refractivity contribution is -0.178. The molecule has 1 aliphatic rings. The van der Waals surface area contributed by atoms with Crippen molar-refractivity contribution in [2.24, 2.45) is 11.3 Å². The van der Waals surface area contributed by atoms with E-state index in [0.717, 1.165) is 6.54 Å². The van der Waals surface area contributed by atoms with Gasteiger partial charge in [-0.15, -0.1) is 0 Å². The summed E-state index contributed by atoms with van der Waals surface area (Å²) in [5.41, 5.74) is -0.763. The molecule has 0 spiro atoms. The number of hydrogen-bond acceptors (Lipinski definition) is 5. The van der Waals surface area contributed by atoms with E-state index in [0.29, 0.717) is 32.1 Å². The molecule has 19 heavy (non-hydrogen) atoms. The second kappa shape index (κ2) is 6.68. The van der Waals surface area contributed by atoms with E-state index in [9.17, 15) is 4.79 Å². The van der Waals surface area contributed by atoms with Gasteiger partial charge >= 0.3 is 5.97 Å². The van der Waals surface area contributed by atoms with Gasteiger partial charge in [0.15, 0.2) is 5.60 Å². The zero-order chi connectivity index (χ0) is 14.5. The van der Waals surface area contributed by atoms with Crippen molar-refractivity contribution in [3.05, 3.63) is 0 Å². The molecule has 5 heteroatoms. The minimum absolute atomic E-state index is 0.122. The third-order valence-corrected chi connectivity index (χ3v) is 3.83. The first-order chi connectivity index (χ1) is 8.85. The molecule has 0 aliphatic carbocycles. The van der Waals surface area contributed by atoms with Crippen LogP contribution in [0, 0.1) is 11.3 Å². The number of methoxy groups -OCH3 is 2. The Morgan fingerprint density at radius 3 is 2.53 bits per heavy atom. The highest BCUT2D eigenvalue weighted by molar-refractivity contribution is 5.80. The third-order valence-electron chi connectivity index (χ3n) is 3.83. The van der Waals surface area contributed by atoms with Gasteiger partial charge in [0, 0.05) is 13.7 Å². The molecule has 1 rings (SSSR count). The van der Waals surface area contributed by atoms with E-state index in [1.165, 1.54) is 7.11 Å². The Morgan fingerprint density at radius 1 is 1.32 bits per heavy atom. The van der Waals surface area contributed by atoms with E-state index >= 15 is 0 Å². The lowest BCUT2D eigenvalue weighted by atomic mass is 9.72. The molecule has 1 aliphatic heterocycles. The molecule has 0 amide bonds. The average Bonchev–Trinajstić information content (AvgIpc) is 2.37. The van der Waals surface area contributed by atoms with Gasteiger partial charge in [0.2, 0.25) is 0 Å². The molecule has 0 radical (unpaired) electrons. The van der Waals surface area contributed by atoms with Crippen LogP contribution in [0.2, 0.25) is 0 Å². The van der Waals surface area contributed by atoms with E-state index in [2.05, 4.69) is 26.1 Å². The fourth-order valence-electron chi connectivity index (χ4n) is 2.43. The summed E-state index contributed by atoms with van der Waals surface area (Å²) in [4.78, 5) is 12.1. The second-order valence-corrected chi connectivity index (χ2v) is 6.23. The lowest BCUT2D eigenvalue weighted by Gasteiger charge is -2.43. The van der Waals surface area contributed by atoms with Gasteiger partial charge in [-0.05, 0) is 24.3 Å². The lowest BCUT2D eigenvalue weighted by Crippen LogP contribution is -2.58. The SMILES string of the molecule is COCCO[C@]1(C(=O)OC)CNC[C@H](C(C)(C)C)C1. The van der Waals surface area contributed by atoms with Gasteiger partial charge in [0.1, 0.15) is 0 Å². The maximum Gasteiger partial charge on any atom is 0.339 e. The fraction of sp³-hybridized carbons (Fsp3) is 0.929. The van der Waals surface area contributed by atoms with Crippen molar-refractivity contribution < 1.29 is 19.0 Å². The van der Waals surface area contributed by atoms with Gasteiger partial charge in [0.25, 0.3) is 0 Å². The van der Waals surface area contributed by atoms with Crippen LogP contribution in [0.4, 0.5) is 0 Å². The van der Waals surface area contributed by atoms with Crippen LogP contribution in [0.1, 0.15) is 27.2 Å². The van der Waals surface area contributed by atoms with E-state index in [4.69, 9.17) is 14.2 Å². The predicted octanol–water partition coefficient (Wildman–Crippen LogP) is 1.22. The molecular formula is C14H27NO4. The van der Waals surface area contributed by atoms with Gasteiger partial charge in [-0.1, -0.05) is 20.8 Å². The van der Waals surface area contributed by atoms with Crippen molar-refractivity contribution >= 4 is 5.97 Å². The molecule has 1 saturated heterocycles. The van der Waals surface area contributed by atoms with Crippen LogP contribution in [0.3, 0.4) is 0 Å². The normalized spacial score (nSPS) is 28.2. The van der Waals surface area contributed by atoms with Gasteiger partial charge in [-0.25, -0.2) is 4.79 Å². The van der Waals surface area contributed by atoms with Crippen LogP contribution in [0.15, 0.2) is 0 Å². The van der Waals surface area contributed by atoms with Crippen LogP contribution in [0.25, 0.3) is 0 Å². The summed E-state index contributed by atoms with van der Waals surface area (Å²) in [6.45, 7) is 8.81. The third kappa shape index (κ3) is 4.16. The van der Waals surface area contributed by atoms with E-state index in [-0.39, 0.29) is 11.4 Å². The van der Waals surface area contributed by atoms with E-state index in [1.807, 2.05) is 0 Å². The molecule has 0 aromatic heterocycles. The molecule has 1 N–H and O–H groups in total. The molecule has 5 nitrogen and oxygen atoms in total. The van der Waals surface area contributed by atoms with Crippen molar-refractivity contribution in [3.8, 4) is 0 Å². The molecule has 2 atom stereocenters. The quantitative estimate of drug-likeness (QED) is 0.603. The van der Waals surface area contributed by atoms with Gasteiger partial charge in [0.05, 0.1) is 20.3 Å². The van der Waals surface area contributed by atoms with Gasteiger partial charge in [-0.2, -0.15) is 0 Å². The van der Waals surface area contributed by atoms with E-state index < -0.39 is 5.60 Å². The summed E-state index contributed by atoms with van der Waals surface area (Å²) >= 11 is 0. The van der Waals surface area contributed by atoms with Crippen molar-refractivity contribution in [2.45, 2.75) is 32.8 Å². The van der Waals surface area contributed by atoms with Crippen LogP contribution in [0.5, 0.6) is 0 Å². The van der Waals surface area contributed by atoms with Crippen LogP contribution < -0.4 is 5.32 Å². The first-order valence-corrected chi connectivity index (χ1v) is 6.78. The fourth-order valence-corrected chi connectivity index (χ4v) is 2.43. The second-order valence-electron chi connectivity index (χ2n) is 6.23. The molecule has 0 unspecified atom stereocenters. The summed E-state index contributed by atoms with van der Waals surface area (Å²) < 4.78 is 15.8. The summed E-state index contributed by atoms with van der Waals surface area (Å²) in [6, 6.07) is 0. The Kier molecular flexibility index (Phi) is 5.77. The zero-order valence-electron chi connectivity index (χ0n) is 12.7. The van der Waals surface area contributed by atoms with Crippen LogP contribution >= 0.6 is 0 Å². The Bertz CT molecular complexity index is 300. The number of rotatable bonds is 5. The topological polar surface area (TPSA) is 56.8 Å². The number of ether oxygens (including phenoxy) is 3. The highest BCUT2D eigenvalue weighted by Crippen LogP contribution is 2.36. The number of carbonyl (C=O) groups excluding carboxylic acids is 1. The van der Waals surface area contributed by atoms with Crippen molar-refractivity contribution in [1.82, 2.24) is 5.32 Å². The standard InChI is InChI=1S/C14H27NO4/c1-13(2,3)11-8-14(10-15-9-11,12(16)18-5)19-7-6-17-4/h11,15H,6-10H2,1-5H3/t11-,14+/m1/s1. The van der Waals surface area contributed by atoms with E-state index in [1.54, 1.807) is 7.11 Å². The molecule has 1 fully saturated rings. The summed E-state index contributed by atoms with van der Waals surface area (Å²) in [5.74, 6) is 0.0629. The molecule has 0 bridgehead atoms. The Balaban J connectivity index is 2.81. The number of nitrogens with one attached hydrogen (secondary N) is 1. The highest BCUT2D eigenvalue weighted by atomic mass is 16.6. The predicted molar refractivity (Wildman–Crippen MR) is 73.0 cm³/mol. The molecule has 0 aromatic rings. The van der Waals surface area contributed by atoms with Gasteiger partial charge < -0.3 is 19.5 Å². The smallest absolute Gasteiger partial charge is 0.339 e. The van der Waals surface area contributed by atoms with Crippen LogP contribution in [-0.2, 0) is 19.0 Å². The average molecular weight is 273 g/mol. The maximum absolute atomic E-state index is 12.1.